The number of nitrogens with zero attached hydrogens (tertiary/aromatic N) is 3. The van der Waals surface area contributed by atoms with Crippen molar-refractivity contribution >= 4 is 40.3 Å². The Bertz CT molecular complexity index is 1020. The van der Waals surface area contributed by atoms with Crippen molar-refractivity contribution < 1.29 is 9.59 Å². The van der Waals surface area contributed by atoms with Gasteiger partial charge >= 0.3 is 0 Å². The number of rotatable bonds is 6. The average Bonchev–Trinajstić information content (AvgIpc) is 3.10. The van der Waals surface area contributed by atoms with E-state index in [0.717, 1.165) is 23.2 Å². The Labute approximate surface area is 180 Å². The van der Waals surface area contributed by atoms with Crippen LogP contribution in [0, 0.1) is 0 Å². The smallest absolute Gasteiger partial charge is 0.259 e. The second-order valence-corrected chi connectivity index (χ2v) is 8.61. The fraction of sp³-hybridized carbons (Fsp3) is 0.304. The van der Waals surface area contributed by atoms with Crippen LogP contribution in [0.15, 0.2) is 64.6 Å². The zero-order valence-corrected chi connectivity index (χ0v) is 17.9. The number of thioether (sulfide) groups is 1. The molecule has 154 valence electrons. The fourth-order valence-corrected chi connectivity index (χ4v) is 4.42. The number of carbonyl (C=O) groups is 2. The summed E-state index contributed by atoms with van der Waals surface area (Å²) >= 11 is 1.29. The molecule has 30 heavy (non-hydrogen) atoms. The standard InChI is InChI=1S/C23H24N4O2S/c1-3-9-19-22(29)27-20(25-19)17-12-7-8-13-18(17)26-23(27)30-15(2)21(28)24-14-16-10-5-4-6-11-16/h4-8,10-13,15,19H,3,9,14H2,1-2H3,(H,24,28)/t15-,19-/m1/s1. The molecule has 0 unspecified atom stereocenters. The third-order valence-corrected chi connectivity index (χ3v) is 6.12. The van der Waals surface area contributed by atoms with E-state index in [1.165, 1.54) is 11.8 Å². The molecule has 2 aromatic carbocycles. The Morgan fingerprint density at radius 2 is 1.90 bits per heavy atom. The Kier molecular flexibility index (Phi) is 5.99. The van der Waals surface area contributed by atoms with E-state index in [4.69, 9.17) is 9.98 Å². The Hall–Kier alpha value is -2.93. The Morgan fingerprint density at radius 1 is 1.17 bits per heavy atom. The van der Waals surface area contributed by atoms with Gasteiger partial charge in [0.1, 0.15) is 11.9 Å². The number of para-hydroxylation sites is 1. The Morgan fingerprint density at radius 3 is 2.67 bits per heavy atom. The van der Waals surface area contributed by atoms with Gasteiger partial charge in [-0.15, -0.1) is 0 Å². The summed E-state index contributed by atoms with van der Waals surface area (Å²) in [6.07, 6.45) is 1.58. The number of aliphatic imine (C=N–C) groups is 2. The molecule has 7 heteroatoms. The van der Waals surface area contributed by atoms with E-state index in [1.807, 2.05) is 68.4 Å². The lowest BCUT2D eigenvalue weighted by molar-refractivity contribution is -0.124. The predicted octanol–water partition coefficient (Wildman–Crippen LogP) is 3.88. The van der Waals surface area contributed by atoms with Gasteiger partial charge in [0.15, 0.2) is 5.17 Å². The number of carbonyl (C=O) groups excluding carboxylic acids is 2. The molecule has 2 amide bonds. The van der Waals surface area contributed by atoms with Crippen LogP contribution in [0.25, 0.3) is 0 Å². The van der Waals surface area contributed by atoms with Crippen LogP contribution in [-0.4, -0.2) is 39.0 Å². The van der Waals surface area contributed by atoms with Gasteiger partial charge in [0, 0.05) is 12.1 Å². The maximum atomic E-state index is 13.0. The number of amidine groups is 2. The molecule has 2 atom stereocenters. The number of amides is 2. The molecule has 0 bridgehead atoms. The highest BCUT2D eigenvalue weighted by Crippen LogP contribution is 2.35. The third-order valence-electron chi connectivity index (χ3n) is 5.07. The van der Waals surface area contributed by atoms with Gasteiger partial charge in [-0.2, -0.15) is 0 Å². The number of hydrogen-bond donors (Lipinski definition) is 1. The first-order chi connectivity index (χ1) is 14.6. The molecule has 0 radical (unpaired) electrons. The monoisotopic (exact) mass is 420 g/mol. The summed E-state index contributed by atoms with van der Waals surface area (Å²) in [5, 5.41) is 3.07. The molecule has 2 aliphatic heterocycles. The predicted molar refractivity (Wildman–Crippen MR) is 121 cm³/mol. The average molecular weight is 421 g/mol. The summed E-state index contributed by atoms with van der Waals surface area (Å²) in [5.41, 5.74) is 2.67. The highest BCUT2D eigenvalue weighted by Gasteiger charge is 2.41. The van der Waals surface area contributed by atoms with Crippen molar-refractivity contribution in [3.8, 4) is 0 Å². The van der Waals surface area contributed by atoms with Crippen molar-refractivity contribution in [3.63, 3.8) is 0 Å². The van der Waals surface area contributed by atoms with Crippen LogP contribution in [0.4, 0.5) is 5.69 Å². The largest absolute Gasteiger partial charge is 0.351 e. The van der Waals surface area contributed by atoms with Crippen molar-refractivity contribution in [1.82, 2.24) is 10.2 Å². The van der Waals surface area contributed by atoms with Gasteiger partial charge in [0.25, 0.3) is 5.91 Å². The van der Waals surface area contributed by atoms with E-state index < -0.39 is 5.25 Å². The molecule has 1 N–H and O–H groups in total. The van der Waals surface area contributed by atoms with Crippen molar-refractivity contribution in [2.75, 3.05) is 0 Å². The molecule has 0 spiro atoms. The highest BCUT2D eigenvalue weighted by atomic mass is 32.2. The molecule has 0 fully saturated rings. The molecule has 0 saturated carbocycles. The van der Waals surface area contributed by atoms with Crippen molar-refractivity contribution in [1.29, 1.82) is 0 Å². The first-order valence-corrected chi connectivity index (χ1v) is 11.0. The first kappa shape index (κ1) is 20.3. The van der Waals surface area contributed by atoms with Crippen LogP contribution in [0.3, 0.4) is 0 Å². The normalized spacial score (nSPS) is 18.3. The number of benzene rings is 2. The van der Waals surface area contributed by atoms with Crippen LogP contribution < -0.4 is 5.32 Å². The SMILES string of the molecule is CCC[C@H]1N=C2c3ccccc3N=C(S[C@H](C)C(=O)NCc3ccccc3)N2C1=O. The zero-order valence-electron chi connectivity index (χ0n) is 17.0. The lowest BCUT2D eigenvalue weighted by Crippen LogP contribution is -2.42. The number of hydrogen-bond acceptors (Lipinski definition) is 5. The van der Waals surface area contributed by atoms with Crippen molar-refractivity contribution in [3.05, 3.63) is 65.7 Å². The summed E-state index contributed by atoms with van der Waals surface area (Å²) in [6.45, 7) is 4.34. The third kappa shape index (κ3) is 4.03. The number of nitrogens with one attached hydrogen (secondary N) is 1. The summed E-state index contributed by atoms with van der Waals surface area (Å²) in [5.74, 6) is 0.480. The van der Waals surface area contributed by atoms with Crippen LogP contribution in [0.2, 0.25) is 0 Å². The van der Waals surface area contributed by atoms with Crippen molar-refractivity contribution in [2.45, 2.75) is 44.5 Å². The van der Waals surface area contributed by atoms with Crippen LogP contribution in [0.5, 0.6) is 0 Å². The van der Waals surface area contributed by atoms with Crippen LogP contribution in [-0.2, 0) is 16.1 Å². The molecule has 0 aliphatic carbocycles. The maximum Gasteiger partial charge on any atom is 0.259 e. The van der Waals surface area contributed by atoms with Gasteiger partial charge in [-0.1, -0.05) is 67.6 Å². The lowest BCUT2D eigenvalue weighted by atomic mass is 10.1. The zero-order chi connectivity index (χ0) is 21.1. The van der Waals surface area contributed by atoms with Gasteiger partial charge in [0.05, 0.1) is 10.9 Å². The fourth-order valence-electron chi connectivity index (χ4n) is 3.48. The molecule has 2 heterocycles. The van der Waals surface area contributed by atoms with E-state index in [1.54, 1.807) is 4.90 Å². The summed E-state index contributed by atoms with van der Waals surface area (Å²) in [4.78, 5) is 36.7. The number of fused-ring (bicyclic) bond motifs is 3. The van der Waals surface area contributed by atoms with Gasteiger partial charge in [-0.05, 0) is 31.0 Å². The van der Waals surface area contributed by atoms with Gasteiger partial charge < -0.3 is 5.32 Å². The summed E-state index contributed by atoms with van der Waals surface area (Å²) < 4.78 is 0. The van der Waals surface area contributed by atoms with E-state index in [9.17, 15) is 9.59 Å². The topological polar surface area (TPSA) is 74.1 Å². The molecule has 6 nitrogen and oxygen atoms in total. The second-order valence-electron chi connectivity index (χ2n) is 7.31. The van der Waals surface area contributed by atoms with E-state index in [2.05, 4.69) is 5.32 Å². The molecule has 2 aliphatic rings. The first-order valence-electron chi connectivity index (χ1n) is 10.2. The quantitative estimate of drug-likeness (QED) is 0.771. The summed E-state index contributed by atoms with van der Waals surface area (Å²) in [7, 11) is 0. The molecule has 0 saturated heterocycles. The van der Waals surface area contributed by atoms with Crippen LogP contribution >= 0.6 is 11.8 Å². The maximum absolute atomic E-state index is 13.0. The van der Waals surface area contributed by atoms with Gasteiger partial charge in [0.2, 0.25) is 5.91 Å². The molecule has 0 aromatic heterocycles. The van der Waals surface area contributed by atoms with Crippen molar-refractivity contribution in [2.24, 2.45) is 9.98 Å². The lowest BCUT2D eigenvalue weighted by Gasteiger charge is -2.26. The highest BCUT2D eigenvalue weighted by molar-refractivity contribution is 8.15. The van der Waals surface area contributed by atoms with Gasteiger partial charge in [-0.25, -0.2) is 9.89 Å². The van der Waals surface area contributed by atoms with Gasteiger partial charge in [-0.3, -0.25) is 14.6 Å². The summed E-state index contributed by atoms with van der Waals surface area (Å²) in [6, 6.07) is 17.1. The second kappa shape index (κ2) is 8.83. The van der Waals surface area contributed by atoms with E-state index in [-0.39, 0.29) is 17.9 Å². The molecule has 4 rings (SSSR count). The minimum Gasteiger partial charge on any atom is -0.351 e. The minimum absolute atomic E-state index is 0.0653. The minimum atomic E-state index is -0.406. The van der Waals surface area contributed by atoms with E-state index >= 15 is 0 Å². The Balaban J connectivity index is 1.53. The molecule has 2 aromatic rings. The molecular weight excluding hydrogens is 396 g/mol. The van der Waals surface area contributed by atoms with E-state index in [0.29, 0.717) is 24.0 Å². The van der Waals surface area contributed by atoms with Crippen LogP contribution in [0.1, 0.15) is 37.8 Å². The molecular formula is C23H24N4O2S.